The van der Waals surface area contributed by atoms with E-state index in [4.69, 9.17) is 0 Å². The van der Waals surface area contributed by atoms with E-state index in [9.17, 15) is 4.79 Å². The first-order valence-electron chi connectivity index (χ1n) is 9.22. The average Bonchev–Trinajstić information content (AvgIpc) is 3.46. The quantitative estimate of drug-likeness (QED) is 0.437. The number of aromatic nitrogens is 7. The lowest BCUT2D eigenvalue weighted by Gasteiger charge is -2.13. The minimum absolute atomic E-state index is 0.0808. The van der Waals surface area contributed by atoms with Crippen molar-refractivity contribution in [3.63, 3.8) is 0 Å². The molecule has 9 nitrogen and oxygen atoms in total. The molecule has 5 rings (SSSR count). The number of hydrogen-bond donors (Lipinski definition) is 3. The fraction of sp³-hybridized carbons (Fsp3) is 0.150. The van der Waals surface area contributed by atoms with E-state index in [1.807, 2.05) is 32.0 Å². The third-order valence-corrected chi connectivity index (χ3v) is 4.86. The van der Waals surface area contributed by atoms with E-state index in [2.05, 4.69) is 35.8 Å². The number of H-pyrrole nitrogens is 2. The zero-order chi connectivity index (χ0) is 20.0. The predicted octanol–water partition coefficient (Wildman–Crippen LogP) is 3.53. The molecule has 3 N–H and O–H groups in total. The van der Waals surface area contributed by atoms with Crippen LogP contribution in [0.3, 0.4) is 0 Å². The van der Waals surface area contributed by atoms with Crippen LogP contribution in [0.25, 0.3) is 33.1 Å². The van der Waals surface area contributed by atoms with E-state index < -0.39 is 0 Å². The Hall–Kier alpha value is -4.01. The first-order valence-corrected chi connectivity index (χ1v) is 9.22. The maximum absolute atomic E-state index is 13.0. The lowest BCUT2D eigenvalue weighted by Crippen LogP contribution is -2.19. The van der Waals surface area contributed by atoms with Crippen LogP contribution in [0.4, 0.5) is 5.69 Å². The van der Waals surface area contributed by atoms with Gasteiger partial charge in [-0.25, -0.2) is 4.98 Å². The van der Waals surface area contributed by atoms with Gasteiger partial charge in [-0.2, -0.15) is 15.3 Å². The van der Waals surface area contributed by atoms with E-state index in [-0.39, 0.29) is 11.9 Å². The van der Waals surface area contributed by atoms with Crippen molar-refractivity contribution >= 4 is 33.5 Å². The van der Waals surface area contributed by atoms with Gasteiger partial charge in [0.15, 0.2) is 5.65 Å². The molecular formula is C20H18N8O. The number of anilines is 1. The monoisotopic (exact) mass is 386 g/mol. The minimum Gasteiger partial charge on any atom is -0.320 e. The largest absolute Gasteiger partial charge is 0.320 e. The molecule has 144 valence electrons. The molecule has 4 heterocycles. The summed E-state index contributed by atoms with van der Waals surface area (Å²) in [6, 6.07) is 7.65. The van der Waals surface area contributed by atoms with E-state index >= 15 is 0 Å². The molecule has 1 amide bonds. The molecule has 0 saturated carbocycles. The van der Waals surface area contributed by atoms with Crippen molar-refractivity contribution in [1.29, 1.82) is 0 Å². The van der Waals surface area contributed by atoms with Crippen LogP contribution < -0.4 is 5.32 Å². The van der Waals surface area contributed by atoms with Crippen LogP contribution in [-0.2, 0) is 0 Å². The summed E-state index contributed by atoms with van der Waals surface area (Å²) in [6.45, 7) is 3.97. The Morgan fingerprint density at radius 1 is 1.07 bits per heavy atom. The molecule has 0 unspecified atom stereocenters. The van der Waals surface area contributed by atoms with Gasteiger partial charge in [0, 0.05) is 29.2 Å². The van der Waals surface area contributed by atoms with E-state index in [0.717, 1.165) is 27.4 Å². The molecule has 0 radical (unpaired) electrons. The van der Waals surface area contributed by atoms with Crippen molar-refractivity contribution in [3.05, 3.63) is 54.7 Å². The van der Waals surface area contributed by atoms with Crippen LogP contribution in [0.15, 0.2) is 49.1 Å². The molecule has 0 atom stereocenters. The van der Waals surface area contributed by atoms with Crippen LogP contribution in [0.1, 0.15) is 30.4 Å². The topological polar surface area (TPSA) is 117 Å². The number of nitrogens with zero attached hydrogens (tertiary/aromatic N) is 5. The number of carbonyl (C=O) groups is 1. The molecule has 4 aromatic heterocycles. The summed E-state index contributed by atoms with van der Waals surface area (Å²) in [6.07, 6.45) is 6.81. The first kappa shape index (κ1) is 17.1. The maximum atomic E-state index is 13.0. The number of nitrogens with one attached hydrogen (secondary N) is 3. The third kappa shape index (κ3) is 2.83. The molecule has 0 bridgehead atoms. The standard InChI is InChI=1S/C20H18N8O/c1-11(2)28-18(4-6-24-28)20(29)25-16-7-12(8-17-15(16)10-22-26-17)13-3-5-21-19-14(13)9-23-27-19/h3-11H,1-2H3,(H,22,26)(H,25,29)(H,21,23,27). The molecule has 0 spiro atoms. The summed E-state index contributed by atoms with van der Waals surface area (Å²) < 4.78 is 1.70. The van der Waals surface area contributed by atoms with E-state index in [1.54, 1.807) is 35.5 Å². The summed E-state index contributed by atoms with van der Waals surface area (Å²) in [5.74, 6) is -0.223. The molecule has 0 saturated heterocycles. The lowest BCUT2D eigenvalue weighted by molar-refractivity contribution is 0.101. The van der Waals surface area contributed by atoms with Crippen molar-refractivity contribution in [2.75, 3.05) is 5.32 Å². The molecule has 0 aliphatic carbocycles. The molecular weight excluding hydrogens is 368 g/mol. The number of rotatable bonds is 4. The molecule has 0 fully saturated rings. The summed E-state index contributed by atoms with van der Waals surface area (Å²) in [5.41, 5.74) is 4.58. The number of amides is 1. The van der Waals surface area contributed by atoms with Gasteiger partial charge in [-0.3, -0.25) is 19.7 Å². The number of fused-ring (bicyclic) bond motifs is 2. The van der Waals surface area contributed by atoms with Gasteiger partial charge in [0.2, 0.25) is 0 Å². The van der Waals surface area contributed by atoms with Gasteiger partial charge in [0.25, 0.3) is 5.91 Å². The van der Waals surface area contributed by atoms with Crippen LogP contribution in [0, 0.1) is 0 Å². The molecule has 29 heavy (non-hydrogen) atoms. The fourth-order valence-corrected chi connectivity index (χ4v) is 3.50. The minimum atomic E-state index is -0.223. The molecule has 1 aromatic carbocycles. The second kappa shape index (κ2) is 6.55. The number of carbonyl (C=O) groups excluding carboxylic acids is 1. The average molecular weight is 386 g/mol. The molecule has 0 aliphatic heterocycles. The van der Waals surface area contributed by atoms with Crippen LogP contribution in [0.5, 0.6) is 0 Å². The van der Waals surface area contributed by atoms with Crippen LogP contribution >= 0.6 is 0 Å². The Labute approximate surface area is 165 Å². The Morgan fingerprint density at radius 2 is 1.90 bits per heavy atom. The highest BCUT2D eigenvalue weighted by Gasteiger charge is 2.17. The number of hydrogen-bond acceptors (Lipinski definition) is 5. The number of pyridine rings is 1. The number of aromatic amines is 2. The van der Waals surface area contributed by atoms with Crippen molar-refractivity contribution in [2.24, 2.45) is 0 Å². The fourth-order valence-electron chi connectivity index (χ4n) is 3.50. The Bertz CT molecular complexity index is 1340. The second-order valence-electron chi connectivity index (χ2n) is 7.05. The number of benzene rings is 1. The van der Waals surface area contributed by atoms with Gasteiger partial charge in [-0.05, 0) is 49.2 Å². The Balaban J connectivity index is 1.61. The van der Waals surface area contributed by atoms with E-state index in [0.29, 0.717) is 17.0 Å². The van der Waals surface area contributed by atoms with E-state index in [1.165, 1.54) is 0 Å². The molecule has 9 heteroatoms. The van der Waals surface area contributed by atoms with Crippen molar-refractivity contribution in [2.45, 2.75) is 19.9 Å². The maximum Gasteiger partial charge on any atom is 0.273 e. The summed E-state index contributed by atoms with van der Waals surface area (Å²) >= 11 is 0. The third-order valence-electron chi connectivity index (χ3n) is 4.86. The normalized spacial score (nSPS) is 11.6. The first-order chi connectivity index (χ1) is 14.1. The van der Waals surface area contributed by atoms with Crippen molar-refractivity contribution < 1.29 is 4.79 Å². The smallest absolute Gasteiger partial charge is 0.273 e. The van der Waals surface area contributed by atoms with Crippen LogP contribution in [0.2, 0.25) is 0 Å². The van der Waals surface area contributed by atoms with Crippen molar-refractivity contribution in [3.8, 4) is 11.1 Å². The second-order valence-corrected chi connectivity index (χ2v) is 7.05. The summed E-state index contributed by atoms with van der Waals surface area (Å²) in [5, 5.41) is 23.1. The highest BCUT2D eigenvalue weighted by Crippen LogP contribution is 2.33. The van der Waals surface area contributed by atoms with Gasteiger partial charge in [0.1, 0.15) is 5.69 Å². The SMILES string of the molecule is CC(C)n1nccc1C(=O)Nc1cc(-c2ccnc3[nH]ncc23)cc2[nH]ncc12. The summed E-state index contributed by atoms with van der Waals surface area (Å²) in [7, 11) is 0. The van der Waals surface area contributed by atoms with Crippen molar-refractivity contribution in [1.82, 2.24) is 35.2 Å². The zero-order valence-corrected chi connectivity index (χ0v) is 15.8. The zero-order valence-electron chi connectivity index (χ0n) is 15.8. The molecule has 5 aromatic rings. The Morgan fingerprint density at radius 3 is 2.76 bits per heavy atom. The van der Waals surface area contributed by atoms with Gasteiger partial charge in [-0.15, -0.1) is 0 Å². The highest BCUT2D eigenvalue weighted by molar-refractivity contribution is 6.09. The van der Waals surface area contributed by atoms with Crippen LogP contribution in [-0.4, -0.2) is 41.1 Å². The lowest BCUT2D eigenvalue weighted by atomic mass is 10.0. The van der Waals surface area contributed by atoms with Gasteiger partial charge in [-0.1, -0.05) is 0 Å². The van der Waals surface area contributed by atoms with Gasteiger partial charge >= 0.3 is 0 Å². The Kier molecular flexibility index (Phi) is 3.87. The highest BCUT2D eigenvalue weighted by atomic mass is 16.2. The van der Waals surface area contributed by atoms with Gasteiger partial charge < -0.3 is 5.32 Å². The molecule has 0 aliphatic rings. The summed E-state index contributed by atoms with van der Waals surface area (Å²) in [4.78, 5) is 17.3. The predicted molar refractivity (Wildman–Crippen MR) is 110 cm³/mol. The van der Waals surface area contributed by atoms with Gasteiger partial charge in [0.05, 0.1) is 23.6 Å².